The molecular formula is C21H34N4O2S. The van der Waals surface area contributed by atoms with Gasteiger partial charge in [0.15, 0.2) is 0 Å². The van der Waals surface area contributed by atoms with E-state index in [0.29, 0.717) is 19.0 Å². The molecule has 2 amide bonds. The molecule has 1 atom stereocenters. The van der Waals surface area contributed by atoms with Gasteiger partial charge >= 0.3 is 0 Å². The van der Waals surface area contributed by atoms with Crippen LogP contribution in [0.3, 0.4) is 0 Å². The summed E-state index contributed by atoms with van der Waals surface area (Å²) in [6.07, 6.45) is 5.71. The fourth-order valence-corrected chi connectivity index (χ4v) is 5.11. The van der Waals surface area contributed by atoms with Gasteiger partial charge in [-0.25, -0.2) is 0 Å². The van der Waals surface area contributed by atoms with Gasteiger partial charge in [0.1, 0.15) is 0 Å². The number of piperazine rings is 1. The van der Waals surface area contributed by atoms with Crippen LogP contribution >= 0.6 is 11.3 Å². The smallest absolute Gasteiger partial charge is 0.264 e. The van der Waals surface area contributed by atoms with Gasteiger partial charge in [0.25, 0.3) is 5.91 Å². The third-order valence-corrected chi connectivity index (χ3v) is 6.78. The maximum atomic E-state index is 13.0. The van der Waals surface area contributed by atoms with Gasteiger partial charge in [0, 0.05) is 32.7 Å². The molecule has 1 unspecified atom stereocenters. The average Bonchev–Trinajstić information content (AvgIpc) is 3.39. The fourth-order valence-electron chi connectivity index (χ4n) is 4.42. The second kappa shape index (κ2) is 10.4. The highest BCUT2D eigenvalue weighted by Crippen LogP contribution is 2.31. The lowest BCUT2D eigenvalue weighted by Gasteiger charge is -2.40. The van der Waals surface area contributed by atoms with E-state index in [0.717, 1.165) is 50.3 Å². The van der Waals surface area contributed by atoms with Crippen LogP contribution in [0.2, 0.25) is 0 Å². The van der Waals surface area contributed by atoms with Gasteiger partial charge in [-0.2, -0.15) is 0 Å². The largest absolute Gasteiger partial charge is 0.355 e. The maximum Gasteiger partial charge on any atom is 0.264 e. The normalized spacial score (nSPS) is 19.9. The Morgan fingerprint density at radius 2 is 1.93 bits per heavy atom. The van der Waals surface area contributed by atoms with E-state index in [9.17, 15) is 9.59 Å². The van der Waals surface area contributed by atoms with E-state index in [-0.39, 0.29) is 17.9 Å². The molecule has 0 radical (unpaired) electrons. The van der Waals surface area contributed by atoms with Gasteiger partial charge in [0.05, 0.1) is 10.9 Å². The Labute approximate surface area is 172 Å². The highest BCUT2D eigenvalue weighted by molar-refractivity contribution is 7.12. The molecule has 1 aliphatic heterocycles. The predicted octanol–water partition coefficient (Wildman–Crippen LogP) is 2.13. The summed E-state index contributed by atoms with van der Waals surface area (Å²) in [5.74, 6) is 0.761. The molecule has 1 aliphatic carbocycles. The molecule has 6 nitrogen and oxygen atoms in total. The molecule has 156 valence electrons. The summed E-state index contributed by atoms with van der Waals surface area (Å²) in [7, 11) is 4.11. The molecule has 3 rings (SSSR count). The first kappa shape index (κ1) is 21.3. The van der Waals surface area contributed by atoms with Gasteiger partial charge in [-0.15, -0.1) is 11.3 Å². The van der Waals surface area contributed by atoms with Crippen molar-refractivity contribution in [2.45, 2.75) is 38.1 Å². The van der Waals surface area contributed by atoms with E-state index in [1.807, 2.05) is 22.4 Å². The van der Waals surface area contributed by atoms with Crippen LogP contribution in [0.15, 0.2) is 17.5 Å². The standard InChI is InChI=1S/C21H34N4O2S/c1-23(2)11-6-10-22-20(26)19(17-7-3-4-8-17)24-12-14-25(15-13-24)21(27)18-9-5-16-28-18/h5,9,16-17,19H,3-4,6-8,10-15H2,1-2H3,(H,22,26). The minimum absolute atomic E-state index is 0.0409. The van der Waals surface area contributed by atoms with Crippen molar-refractivity contribution in [3.63, 3.8) is 0 Å². The Bertz CT molecular complexity index is 620. The lowest BCUT2D eigenvalue weighted by molar-refractivity contribution is -0.129. The number of hydrogen-bond acceptors (Lipinski definition) is 5. The number of rotatable bonds is 8. The summed E-state index contributed by atoms with van der Waals surface area (Å²) in [4.78, 5) is 32.8. The first-order valence-electron chi connectivity index (χ1n) is 10.6. The quantitative estimate of drug-likeness (QED) is 0.672. The number of thiophene rings is 1. The van der Waals surface area contributed by atoms with Gasteiger partial charge < -0.3 is 15.1 Å². The van der Waals surface area contributed by atoms with Crippen molar-refractivity contribution in [1.82, 2.24) is 20.0 Å². The number of carbonyl (C=O) groups excluding carboxylic acids is 2. The second-order valence-electron chi connectivity index (χ2n) is 8.24. The van der Waals surface area contributed by atoms with Crippen molar-refractivity contribution in [3.05, 3.63) is 22.4 Å². The first-order chi connectivity index (χ1) is 13.6. The molecule has 2 heterocycles. The zero-order valence-corrected chi connectivity index (χ0v) is 18.0. The summed E-state index contributed by atoms with van der Waals surface area (Å²) in [6.45, 7) is 4.68. The summed E-state index contributed by atoms with van der Waals surface area (Å²) in [6, 6.07) is 3.77. The predicted molar refractivity (Wildman–Crippen MR) is 114 cm³/mol. The molecule has 1 aromatic heterocycles. The Balaban J connectivity index is 1.55. The van der Waals surface area contributed by atoms with E-state index < -0.39 is 0 Å². The molecule has 0 aromatic carbocycles. The van der Waals surface area contributed by atoms with E-state index >= 15 is 0 Å². The monoisotopic (exact) mass is 406 g/mol. The highest BCUT2D eigenvalue weighted by Gasteiger charge is 2.37. The zero-order chi connectivity index (χ0) is 19.9. The number of nitrogens with one attached hydrogen (secondary N) is 1. The number of carbonyl (C=O) groups is 2. The third-order valence-electron chi connectivity index (χ3n) is 5.92. The number of amides is 2. The van der Waals surface area contributed by atoms with Crippen molar-refractivity contribution < 1.29 is 9.59 Å². The SMILES string of the molecule is CN(C)CCCNC(=O)C(C1CCCC1)N1CCN(C(=O)c2cccs2)CC1. The third kappa shape index (κ3) is 5.55. The zero-order valence-electron chi connectivity index (χ0n) is 17.2. The minimum atomic E-state index is -0.0409. The van der Waals surface area contributed by atoms with Crippen LogP contribution in [-0.2, 0) is 4.79 Å². The van der Waals surface area contributed by atoms with E-state index in [1.165, 1.54) is 24.2 Å². The Morgan fingerprint density at radius 3 is 2.54 bits per heavy atom. The molecule has 1 N–H and O–H groups in total. The average molecular weight is 407 g/mol. The van der Waals surface area contributed by atoms with Gasteiger partial charge in [-0.1, -0.05) is 18.9 Å². The number of nitrogens with zero attached hydrogens (tertiary/aromatic N) is 3. The summed E-state index contributed by atoms with van der Waals surface area (Å²) < 4.78 is 0. The van der Waals surface area contributed by atoms with Gasteiger partial charge in [-0.05, 0) is 57.3 Å². The lowest BCUT2D eigenvalue weighted by Crippen LogP contribution is -2.58. The van der Waals surface area contributed by atoms with Crippen LogP contribution in [0, 0.1) is 5.92 Å². The van der Waals surface area contributed by atoms with Gasteiger partial charge in [-0.3, -0.25) is 14.5 Å². The van der Waals surface area contributed by atoms with Crippen LogP contribution in [0.1, 0.15) is 41.8 Å². The van der Waals surface area contributed by atoms with Crippen LogP contribution in [0.25, 0.3) is 0 Å². The summed E-state index contributed by atoms with van der Waals surface area (Å²) in [5.41, 5.74) is 0. The maximum absolute atomic E-state index is 13.0. The molecule has 0 bridgehead atoms. The highest BCUT2D eigenvalue weighted by atomic mass is 32.1. The van der Waals surface area contributed by atoms with Crippen molar-refractivity contribution in [2.24, 2.45) is 5.92 Å². The summed E-state index contributed by atoms with van der Waals surface area (Å²) in [5, 5.41) is 5.13. The van der Waals surface area contributed by atoms with Crippen LogP contribution in [0.4, 0.5) is 0 Å². The minimum Gasteiger partial charge on any atom is -0.355 e. The molecule has 28 heavy (non-hydrogen) atoms. The van der Waals surface area contributed by atoms with Crippen LogP contribution in [-0.4, -0.2) is 85.9 Å². The molecule has 2 aliphatic rings. The lowest BCUT2D eigenvalue weighted by atomic mass is 9.95. The molecule has 1 saturated carbocycles. The van der Waals surface area contributed by atoms with Crippen LogP contribution < -0.4 is 5.32 Å². The first-order valence-corrected chi connectivity index (χ1v) is 11.4. The Hall–Kier alpha value is -1.44. The molecular weight excluding hydrogens is 372 g/mol. The van der Waals surface area contributed by atoms with E-state index in [4.69, 9.17) is 0 Å². The second-order valence-corrected chi connectivity index (χ2v) is 9.19. The van der Waals surface area contributed by atoms with Gasteiger partial charge in [0.2, 0.25) is 5.91 Å². The van der Waals surface area contributed by atoms with E-state index in [2.05, 4.69) is 29.2 Å². The van der Waals surface area contributed by atoms with Crippen molar-refractivity contribution in [2.75, 3.05) is 53.4 Å². The molecule has 7 heteroatoms. The van der Waals surface area contributed by atoms with Crippen molar-refractivity contribution in [3.8, 4) is 0 Å². The van der Waals surface area contributed by atoms with E-state index in [1.54, 1.807) is 0 Å². The Morgan fingerprint density at radius 1 is 1.21 bits per heavy atom. The fraction of sp³-hybridized carbons (Fsp3) is 0.714. The molecule has 2 fully saturated rings. The number of hydrogen-bond donors (Lipinski definition) is 1. The molecule has 1 aromatic rings. The topological polar surface area (TPSA) is 55.9 Å². The van der Waals surface area contributed by atoms with Crippen LogP contribution in [0.5, 0.6) is 0 Å². The van der Waals surface area contributed by atoms with Crippen molar-refractivity contribution >= 4 is 23.2 Å². The Kier molecular flexibility index (Phi) is 7.88. The molecule has 1 saturated heterocycles. The van der Waals surface area contributed by atoms with Crippen molar-refractivity contribution in [1.29, 1.82) is 0 Å². The molecule has 0 spiro atoms. The summed E-state index contributed by atoms with van der Waals surface area (Å²) >= 11 is 1.50.